The lowest BCUT2D eigenvalue weighted by atomic mass is 9.89. The van der Waals surface area contributed by atoms with E-state index < -0.39 is 0 Å². The molecule has 26 heavy (non-hydrogen) atoms. The molecule has 3 rings (SSSR count). The fourth-order valence-electron chi connectivity index (χ4n) is 3.56. The molecule has 2 heterocycles. The lowest BCUT2D eigenvalue weighted by molar-refractivity contribution is -0.121. The summed E-state index contributed by atoms with van der Waals surface area (Å²) in [6.45, 7) is 1.80. The Morgan fingerprint density at radius 1 is 1.12 bits per heavy atom. The molecule has 1 aromatic carbocycles. The zero-order valence-electron chi connectivity index (χ0n) is 15.5. The molecule has 3 unspecified atom stereocenters. The number of piperidine rings is 1. The third-order valence-corrected chi connectivity index (χ3v) is 5.01. The number of nitrogens with one attached hydrogen (secondary N) is 3. The Balaban J connectivity index is 0.00000243. The second kappa shape index (κ2) is 8.77. The molecule has 0 saturated carbocycles. The predicted octanol–water partition coefficient (Wildman–Crippen LogP) is 0.552. The van der Waals surface area contributed by atoms with Crippen LogP contribution in [0.3, 0.4) is 0 Å². The van der Waals surface area contributed by atoms with Crippen molar-refractivity contribution < 1.29 is 19.0 Å². The minimum absolute atomic E-state index is 0. The van der Waals surface area contributed by atoms with E-state index in [4.69, 9.17) is 14.2 Å². The highest BCUT2D eigenvalue weighted by atomic mass is 35.5. The van der Waals surface area contributed by atoms with Gasteiger partial charge in [-0.3, -0.25) is 10.2 Å². The van der Waals surface area contributed by atoms with Crippen LogP contribution < -0.4 is 35.3 Å². The molecule has 2 fully saturated rings. The molecule has 1 amide bonds. The first-order chi connectivity index (χ1) is 12.1. The van der Waals surface area contributed by atoms with E-state index in [0.29, 0.717) is 29.0 Å². The minimum Gasteiger partial charge on any atom is -0.493 e. The Hall–Kier alpha value is -1.74. The van der Waals surface area contributed by atoms with Crippen LogP contribution in [0.5, 0.6) is 17.2 Å². The number of carbonyl (C=O) groups excluding carboxylic acids is 1. The summed E-state index contributed by atoms with van der Waals surface area (Å²) in [4.78, 5) is 14.7. The summed E-state index contributed by atoms with van der Waals surface area (Å²) in [7, 11) is 6.43. The van der Waals surface area contributed by atoms with Crippen molar-refractivity contribution in [2.24, 2.45) is 5.92 Å². The summed E-state index contributed by atoms with van der Waals surface area (Å²) in [6.07, 6.45) is 1.01. The average Bonchev–Trinajstić information content (AvgIpc) is 3.09. The number of hydrazine groups is 1. The molecule has 3 N–H and O–H groups in total. The van der Waals surface area contributed by atoms with Crippen LogP contribution in [-0.2, 0) is 4.79 Å². The van der Waals surface area contributed by atoms with E-state index in [9.17, 15) is 4.79 Å². The molecule has 2 saturated heterocycles. The number of anilines is 1. The summed E-state index contributed by atoms with van der Waals surface area (Å²) in [5.74, 6) is 1.77. The molecular weight excluding hydrogens is 360 g/mol. The minimum atomic E-state index is -0.276. The van der Waals surface area contributed by atoms with Gasteiger partial charge < -0.3 is 24.4 Å². The van der Waals surface area contributed by atoms with Crippen molar-refractivity contribution in [1.29, 1.82) is 0 Å². The molecule has 8 nitrogen and oxygen atoms in total. The number of hydrogen-bond acceptors (Lipinski definition) is 7. The zero-order valence-corrected chi connectivity index (χ0v) is 16.3. The van der Waals surface area contributed by atoms with E-state index in [0.717, 1.165) is 19.5 Å². The number of likely N-dealkylation sites (N-methyl/N-ethyl adjacent to an activating group) is 1. The van der Waals surface area contributed by atoms with Crippen molar-refractivity contribution in [2.75, 3.05) is 46.4 Å². The van der Waals surface area contributed by atoms with Crippen molar-refractivity contribution in [3.63, 3.8) is 0 Å². The Morgan fingerprint density at radius 3 is 2.35 bits per heavy atom. The standard InChI is InChI=1S/C17H26N4O4.ClH/c1-21(10-7-13(23-2)16(25-4)14(8-10)24-3)17(22)15-11-9-18-6-5-12(11)19-20-15;/h7-8,11-12,15,18-20H,5-6,9H2,1-4H3;1H. The third kappa shape index (κ3) is 3.68. The van der Waals surface area contributed by atoms with E-state index in [1.54, 1.807) is 45.4 Å². The van der Waals surface area contributed by atoms with Crippen molar-refractivity contribution in [3.8, 4) is 17.2 Å². The summed E-state index contributed by atoms with van der Waals surface area (Å²) < 4.78 is 16.1. The number of hydrogen-bond donors (Lipinski definition) is 3. The molecule has 0 spiro atoms. The summed E-state index contributed by atoms with van der Waals surface area (Å²) >= 11 is 0. The Morgan fingerprint density at radius 2 is 1.77 bits per heavy atom. The van der Waals surface area contributed by atoms with Gasteiger partial charge in [-0.1, -0.05) is 0 Å². The monoisotopic (exact) mass is 386 g/mol. The van der Waals surface area contributed by atoms with Gasteiger partial charge in [0, 0.05) is 37.7 Å². The number of amides is 1. The van der Waals surface area contributed by atoms with E-state index >= 15 is 0 Å². The number of ether oxygens (including phenoxy) is 3. The van der Waals surface area contributed by atoms with Gasteiger partial charge in [0.2, 0.25) is 11.7 Å². The number of benzene rings is 1. The largest absolute Gasteiger partial charge is 0.493 e. The summed E-state index contributed by atoms with van der Waals surface area (Å²) in [5.41, 5.74) is 7.10. The van der Waals surface area contributed by atoms with E-state index in [-0.39, 0.29) is 30.3 Å². The number of carbonyl (C=O) groups is 1. The quantitative estimate of drug-likeness (QED) is 0.681. The number of methoxy groups -OCH3 is 3. The lowest BCUT2D eigenvalue weighted by Gasteiger charge is -2.30. The highest BCUT2D eigenvalue weighted by Gasteiger charge is 2.42. The number of halogens is 1. The smallest absolute Gasteiger partial charge is 0.245 e. The Kier molecular flexibility index (Phi) is 6.94. The molecule has 9 heteroatoms. The van der Waals surface area contributed by atoms with Crippen LogP contribution in [0.4, 0.5) is 5.69 Å². The topological polar surface area (TPSA) is 84.1 Å². The van der Waals surface area contributed by atoms with Crippen LogP contribution in [0.2, 0.25) is 0 Å². The maximum atomic E-state index is 13.0. The van der Waals surface area contributed by atoms with Crippen molar-refractivity contribution in [1.82, 2.24) is 16.2 Å². The molecule has 2 aliphatic rings. The summed E-state index contributed by atoms with van der Waals surface area (Å²) in [6, 6.07) is 3.60. The lowest BCUT2D eigenvalue weighted by Crippen LogP contribution is -2.49. The number of fused-ring (bicyclic) bond motifs is 1. The van der Waals surface area contributed by atoms with Crippen LogP contribution in [0.25, 0.3) is 0 Å². The van der Waals surface area contributed by atoms with Crippen molar-refractivity contribution in [3.05, 3.63) is 12.1 Å². The molecule has 0 radical (unpaired) electrons. The fourth-order valence-corrected chi connectivity index (χ4v) is 3.56. The zero-order chi connectivity index (χ0) is 18.0. The first-order valence-corrected chi connectivity index (χ1v) is 8.40. The molecule has 146 valence electrons. The fraction of sp³-hybridized carbons (Fsp3) is 0.588. The molecule has 3 atom stereocenters. The van der Waals surface area contributed by atoms with Crippen LogP contribution in [0.1, 0.15) is 6.42 Å². The van der Waals surface area contributed by atoms with E-state index in [1.165, 1.54) is 0 Å². The predicted molar refractivity (Wildman–Crippen MR) is 102 cm³/mol. The first-order valence-electron chi connectivity index (χ1n) is 8.40. The van der Waals surface area contributed by atoms with Crippen molar-refractivity contribution in [2.45, 2.75) is 18.5 Å². The molecule has 0 aromatic heterocycles. The molecule has 1 aromatic rings. The SMILES string of the molecule is COc1cc(N(C)C(=O)C2NNC3CCNCC32)cc(OC)c1OC.Cl. The highest BCUT2D eigenvalue weighted by Crippen LogP contribution is 2.41. The second-order valence-electron chi connectivity index (χ2n) is 6.31. The van der Waals surface area contributed by atoms with Crippen molar-refractivity contribution >= 4 is 24.0 Å². The Labute approximate surface area is 159 Å². The van der Waals surface area contributed by atoms with Gasteiger partial charge in [0.05, 0.1) is 27.0 Å². The van der Waals surface area contributed by atoms with Gasteiger partial charge in [0.15, 0.2) is 11.5 Å². The van der Waals surface area contributed by atoms with Gasteiger partial charge in [0.25, 0.3) is 0 Å². The number of rotatable bonds is 5. The van der Waals surface area contributed by atoms with Gasteiger partial charge in [-0.05, 0) is 13.0 Å². The van der Waals surface area contributed by atoms with Crippen LogP contribution in [-0.4, -0.2) is 59.5 Å². The molecule has 0 aliphatic carbocycles. The van der Waals surface area contributed by atoms with Crippen LogP contribution in [0, 0.1) is 5.92 Å². The number of nitrogens with zero attached hydrogens (tertiary/aromatic N) is 1. The van der Waals surface area contributed by atoms with Gasteiger partial charge in [-0.2, -0.15) is 0 Å². The van der Waals surface area contributed by atoms with Gasteiger partial charge in [0.1, 0.15) is 6.04 Å². The van der Waals surface area contributed by atoms with Gasteiger partial charge >= 0.3 is 0 Å². The third-order valence-electron chi connectivity index (χ3n) is 5.01. The highest BCUT2D eigenvalue weighted by molar-refractivity contribution is 5.97. The van der Waals surface area contributed by atoms with Gasteiger partial charge in [-0.25, -0.2) is 5.43 Å². The van der Waals surface area contributed by atoms with E-state index in [2.05, 4.69) is 16.2 Å². The van der Waals surface area contributed by atoms with Gasteiger partial charge in [-0.15, -0.1) is 12.4 Å². The second-order valence-corrected chi connectivity index (χ2v) is 6.31. The average molecular weight is 387 g/mol. The normalized spacial score (nSPS) is 24.2. The molecule has 0 bridgehead atoms. The maximum Gasteiger partial charge on any atom is 0.245 e. The van der Waals surface area contributed by atoms with Crippen LogP contribution in [0.15, 0.2) is 12.1 Å². The molecule has 2 aliphatic heterocycles. The maximum absolute atomic E-state index is 13.0. The Bertz CT molecular complexity index is 620. The first kappa shape index (κ1) is 20.6. The molecular formula is C17H27ClN4O4. The van der Waals surface area contributed by atoms with Crippen LogP contribution >= 0.6 is 12.4 Å². The van der Waals surface area contributed by atoms with E-state index in [1.807, 2.05) is 0 Å². The summed E-state index contributed by atoms with van der Waals surface area (Å²) in [5, 5.41) is 3.36.